The molecule has 1 aliphatic heterocycles. The highest BCUT2D eigenvalue weighted by molar-refractivity contribution is 5.85. The molecule has 2 aliphatic rings. The van der Waals surface area contributed by atoms with Crippen LogP contribution in [0.15, 0.2) is 29.3 Å². The summed E-state index contributed by atoms with van der Waals surface area (Å²) in [4.78, 5) is 18.2. The van der Waals surface area contributed by atoms with Gasteiger partial charge in [0, 0.05) is 32.6 Å². The molecule has 1 aliphatic carbocycles. The number of ether oxygens (including phenoxy) is 1. The van der Waals surface area contributed by atoms with Crippen LogP contribution in [0.25, 0.3) is 0 Å². The number of likely N-dealkylation sites (N-methyl/N-ethyl adjacent to an activating group) is 1. The van der Waals surface area contributed by atoms with E-state index in [4.69, 9.17) is 4.74 Å². The second-order valence-corrected chi connectivity index (χ2v) is 8.16. The second kappa shape index (κ2) is 9.30. The summed E-state index contributed by atoms with van der Waals surface area (Å²) in [6, 6.07) is 8.42. The third kappa shape index (κ3) is 4.97. The third-order valence-electron chi connectivity index (χ3n) is 5.72. The van der Waals surface area contributed by atoms with E-state index in [1.165, 1.54) is 18.4 Å². The lowest BCUT2D eigenvalue weighted by Gasteiger charge is -2.40. The van der Waals surface area contributed by atoms with E-state index >= 15 is 0 Å². The number of para-hydroxylation sites is 1. The highest BCUT2D eigenvalue weighted by Crippen LogP contribution is 2.46. The standard InChI is InChI=1S/C22H34N4O2/c1-4-5-14-23-21(24-16-20(27)26(2)3)25-18-15-22(12-8-9-13-22)28-19-11-7-6-10-17(18)19/h6-7,10-11,18H,4-5,8-9,12-16H2,1-3H3,(H2,23,24,25). The first-order chi connectivity index (χ1) is 13.5. The molecule has 1 fully saturated rings. The summed E-state index contributed by atoms with van der Waals surface area (Å²) < 4.78 is 6.46. The van der Waals surface area contributed by atoms with Gasteiger partial charge >= 0.3 is 0 Å². The van der Waals surface area contributed by atoms with Crippen molar-refractivity contribution in [3.63, 3.8) is 0 Å². The fourth-order valence-corrected chi connectivity index (χ4v) is 4.06. The number of nitrogens with one attached hydrogen (secondary N) is 2. The Balaban J connectivity index is 1.79. The lowest BCUT2D eigenvalue weighted by Crippen LogP contribution is -2.47. The zero-order valence-corrected chi connectivity index (χ0v) is 17.5. The van der Waals surface area contributed by atoms with Gasteiger partial charge in [-0.3, -0.25) is 4.79 Å². The molecule has 2 N–H and O–H groups in total. The number of rotatable bonds is 6. The largest absolute Gasteiger partial charge is 0.487 e. The van der Waals surface area contributed by atoms with E-state index in [1.54, 1.807) is 19.0 Å². The molecule has 1 spiro atoms. The molecule has 154 valence electrons. The highest BCUT2D eigenvalue weighted by atomic mass is 16.5. The molecule has 0 radical (unpaired) electrons. The quantitative estimate of drug-likeness (QED) is 0.447. The number of carbonyl (C=O) groups is 1. The van der Waals surface area contributed by atoms with Crippen LogP contribution in [0.2, 0.25) is 0 Å². The summed E-state index contributed by atoms with van der Waals surface area (Å²) in [6.45, 7) is 3.15. The van der Waals surface area contributed by atoms with Crippen LogP contribution >= 0.6 is 0 Å². The van der Waals surface area contributed by atoms with Crippen LogP contribution in [-0.4, -0.2) is 49.6 Å². The maximum atomic E-state index is 12.0. The molecular formula is C22H34N4O2. The molecule has 1 aromatic rings. The van der Waals surface area contributed by atoms with E-state index < -0.39 is 0 Å². The van der Waals surface area contributed by atoms with Crippen molar-refractivity contribution in [2.24, 2.45) is 4.99 Å². The Morgan fingerprint density at radius 3 is 2.75 bits per heavy atom. The number of fused-ring (bicyclic) bond motifs is 1. The maximum absolute atomic E-state index is 12.0. The SMILES string of the molecule is CCCCNC(=NCC(=O)N(C)C)NC1CC2(CCCC2)Oc2ccccc21. The summed E-state index contributed by atoms with van der Waals surface area (Å²) >= 11 is 0. The normalized spacial score (nSPS) is 20.4. The summed E-state index contributed by atoms with van der Waals surface area (Å²) in [7, 11) is 3.52. The highest BCUT2D eigenvalue weighted by Gasteiger charge is 2.43. The molecule has 0 aromatic heterocycles. The number of carbonyl (C=O) groups excluding carboxylic acids is 1. The Hall–Kier alpha value is -2.24. The zero-order chi connectivity index (χ0) is 20.0. The van der Waals surface area contributed by atoms with Crippen LogP contribution in [0.3, 0.4) is 0 Å². The number of guanidine groups is 1. The van der Waals surface area contributed by atoms with Crippen LogP contribution in [0.4, 0.5) is 0 Å². The minimum atomic E-state index is -0.0694. The summed E-state index contributed by atoms with van der Waals surface area (Å²) in [6.07, 6.45) is 7.77. The maximum Gasteiger partial charge on any atom is 0.243 e. The Kier molecular flexibility index (Phi) is 6.81. The first-order valence-corrected chi connectivity index (χ1v) is 10.6. The first kappa shape index (κ1) is 20.5. The fraction of sp³-hybridized carbons (Fsp3) is 0.636. The molecule has 28 heavy (non-hydrogen) atoms. The molecule has 1 aromatic carbocycles. The van der Waals surface area contributed by atoms with Crippen molar-refractivity contribution in [3.8, 4) is 5.75 Å². The van der Waals surface area contributed by atoms with E-state index in [0.29, 0.717) is 5.96 Å². The van der Waals surface area contributed by atoms with Crippen molar-refractivity contribution in [2.45, 2.75) is 63.5 Å². The number of amides is 1. The summed E-state index contributed by atoms with van der Waals surface area (Å²) in [5.41, 5.74) is 1.10. The molecule has 6 nitrogen and oxygen atoms in total. The predicted octanol–water partition coefficient (Wildman–Crippen LogP) is 3.25. The topological polar surface area (TPSA) is 66.0 Å². The van der Waals surface area contributed by atoms with Crippen molar-refractivity contribution >= 4 is 11.9 Å². The second-order valence-electron chi connectivity index (χ2n) is 8.16. The molecule has 1 unspecified atom stereocenters. The van der Waals surface area contributed by atoms with Crippen LogP contribution in [0, 0.1) is 0 Å². The number of benzene rings is 1. The number of hydrogen-bond acceptors (Lipinski definition) is 3. The Morgan fingerprint density at radius 2 is 2.04 bits per heavy atom. The van der Waals surface area contributed by atoms with E-state index in [0.717, 1.165) is 44.4 Å². The van der Waals surface area contributed by atoms with Crippen molar-refractivity contribution in [3.05, 3.63) is 29.8 Å². The van der Waals surface area contributed by atoms with Gasteiger partial charge in [-0.2, -0.15) is 0 Å². The van der Waals surface area contributed by atoms with Gasteiger partial charge in [0.1, 0.15) is 17.9 Å². The molecule has 1 amide bonds. The van der Waals surface area contributed by atoms with Gasteiger partial charge in [0.05, 0.1) is 6.04 Å². The zero-order valence-electron chi connectivity index (χ0n) is 17.5. The number of aliphatic imine (C=N–C) groups is 1. The Morgan fingerprint density at radius 1 is 1.29 bits per heavy atom. The Labute approximate surface area is 168 Å². The van der Waals surface area contributed by atoms with Crippen LogP contribution in [0.5, 0.6) is 5.75 Å². The van der Waals surface area contributed by atoms with Gasteiger partial charge in [0.25, 0.3) is 0 Å². The van der Waals surface area contributed by atoms with Gasteiger partial charge in [0.15, 0.2) is 5.96 Å². The molecule has 0 bridgehead atoms. The van der Waals surface area contributed by atoms with E-state index in [2.05, 4.69) is 40.7 Å². The minimum absolute atomic E-state index is 0.00349. The molecule has 6 heteroatoms. The van der Waals surface area contributed by atoms with E-state index in [-0.39, 0.29) is 24.1 Å². The van der Waals surface area contributed by atoms with Crippen LogP contribution in [0.1, 0.15) is 63.5 Å². The molecular weight excluding hydrogens is 352 g/mol. The van der Waals surface area contributed by atoms with Gasteiger partial charge in [-0.05, 0) is 38.2 Å². The molecule has 1 heterocycles. The number of hydrogen-bond donors (Lipinski definition) is 2. The summed E-state index contributed by atoms with van der Waals surface area (Å²) in [5.74, 6) is 1.68. The van der Waals surface area contributed by atoms with Gasteiger partial charge in [0.2, 0.25) is 5.91 Å². The van der Waals surface area contributed by atoms with Crippen LogP contribution in [-0.2, 0) is 4.79 Å². The smallest absolute Gasteiger partial charge is 0.243 e. The van der Waals surface area contributed by atoms with Gasteiger partial charge in [-0.1, -0.05) is 31.5 Å². The molecule has 0 saturated heterocycles. The molecule has 1 saturated carbocycles. The van der Waals surface area contributed by atoms with Crippen molar-refractivity contribution in [2.75, 3.05) is 27.2 Å². The van der Waals surface area contributed by atoms with E-state index in [1.807, 2.05) is 6.07 Å². The van der Waals surface area contributed by atoms with Gasteiger partial charge < -0.3 is 20.3 Å². The first-order valence-electron chi connectivity index (χ1n) is 10.6. The molecule has 3 rings (SSSR count). The lowest BCUT2D eigenvalue weighted by atomic mass is 9.86. The van der Waals surface area contributed by atoms with Crippen molar-refractivity contribution in [1.82, 2.24) is 15.5 Å². The van der Waals surface area contributed by atoms with E-state index in [9.17, 15) is 4.79 Å². The Bertz CT molecular complexity index is 696. The summed E-state index contributed by atoms with van der Waals surface area (Å²) in [5, 5.41) is 7.00. The average molecular weight is 387 g/mol. The number of nitrogens with zero attached hydrogens (tertiary/aromatic N) is 2. The minimum Gasteiger partial charge on any atom is -0.487 e. The third-order valence-corrected chi connectivity index (χ3v) is 5.72. The predicted molar refractivity (Wildman–Crippen MR) is 113 cm³/mol. The van der Waals surface area contributed by atoms with Crippen molar-refractivity contribution in [1.29, 1.82) is 0 Å². The molecule has 1 atom stereocenters. The number of unbranched alkanes of at least 4 members (excludes halogenated alkanes) is 1. The lowest BCUT2D eigenvalue weighted by molar-refractivity contribution is -0.127. The monoisotopic (exact) mass is 386 g/mol. The van der Waals surface area contributed by atoms with Crippen molar-refractivity contribution < 1.29 is 9.53 Å². The average Bonchev–Trinajstić information content (AvgIpc) is 3.13. The van der Waals surface area contributed by atoms with Crippen LogP contribution < -0.4 is 15.4 Å². The van der Waals surface area contributed by atoms with Gasteiger partial charge in [-0.25, -0.2) is 4.99 Å². The fourth-order valence-electron chi connectivity index (χ4n) is 4.06. The van der Waals surface area contributed by atoms with Gasteiger partial charge in [-0.15, -0.1) is 0 Å².